The molecule has 0 amide bonds. The molecule has 0 bridgehead atoms. The molecule has 134 valence electrons. The van der Waals surface area contributed by atoms with E-state index in [2.05, 4.69) is 43.0 Å². The summed E-state index contributed by atoms with van der Waals surface area (Å²) in [6.07, 6.45) is 8.55. The average molecular weight is 363 g/mol. The molecular weight excluding hydrogens is 336 g/mol. The molecule has 2 aromatic carbocycles. The Morgan fingerprint density at radius 1 is 0.731 bits per heavy atom. The summed E-state index contributed by atoms with van der Waals surface area (Å²) < 4.78 is 0. The lowest BCUT2D eigenvalue weighted by Crippen LogP contribution is -2.29. The van der Waals surface area contributed by atoms with Crippen LogP contribution >= 0.6 is 11.6 Å². The van der Waals surface area contributed by atoms with Gasteiger partial charge < -0.3 is 0 Å². The fraction of sp³-hybridized carbons (Fsp3) is 0.440. The van der Waals surface area contributed by atoms with Crippen molar-refractivity contribution in [3.05, 3.63) is 70.2 Å². The van der Waals surface area contributed by atoms with E-state index in [4.69, 9.17) is 11.6 Å². The van der Waals surface area contributed by atoms with Gasteiger partial charge in [0.1, 0.15) is 0 Å². The molecule has 0 radical (unpaired) electrons. The van der Waals surface area contributed by atoms with Gasteiger partial charge in [0.05, 0.1) is 0 Å². The average Bonchev–Trinajstić information content (AvgIpc) is 2.67. The van der Waals surface area contributed by atoms with Gasteiger partial charge in [0.15, 0.2) is 0 Å². The molecule has 0 aromatic heterocycles. The molecule has 4 atom stereocenters. The van der Waals surface area contributed by atoms with Crippen LogP contribution in [-0.2, 0) is 0 Å². The lowest BCUT2D eigenvalue weighted by Gasteiger charge is -2.41. The van der Waals surface area contributed by atoms with Crippen molar-refractivity contribution in [2.75, 3.05) is 0 Å². The molecule has 2 saturated carbocycles. The van der Waals surface area contributed by atoms with Crippen molar-refractivity contribution in [2.24, 2.45) is 17.8 Å². The second kappa shape index (κ2) is 7.89. The Labute approximate surface area is 163 Å². The van der Waals surface area contributed by atoms with Gasteiger partial charge in [-0.15, -0.1) is 0 Å². The molecule has 2 aliphatic rings. The molecule has 26 heavy (non-hydrogen) atoms. The molecule has 2 aliphatic carbocycles. The summed E-state index contributed by atoms with van der Waals surface area (Å²) in [5, 5.41) is 0.752. The maximum atomic E-state index is 5.92. The topological polar surface area (TPSA) is 0 Å². The summed E-state index contributed by atoms with van der Waals surface area (Å²) >= 11 is 5.92. The van der Waals surface area contributed by atoms with Crippen molar-refractivity contribution in [3.63, 3.8) is 0 Å². The van der Waals surface area contributed by atoms with Crippen LogP contribution in [0, 0.1) is 29.6 Å². The first-order valence-electron chi connectivity index (χ1n) is 10.0. The largest absolute Gasteiger partial charge is 0.0843 e. The van der Waals surface area contributed by atoms with E-state index < -0.39 is 0 Å². The number of benzene rings is 2. The van der Waals surface area contributed by atoms with Gasteiger partial charge in [-0.05, 0) is 97.7 Å². The molecule has 1 unspecified atom stereocenters. The minimum absolute atomic E-state index is 0.752. The molecule has 2 fully saturated rings. The fourth-order valence-corrected chi connectivity index (χ4v) is 5.07. The minimum atomic E-state index is 0.752. The molecule has 0 aliphatic heterocycles. The summed E-state index contributed by atoms with van der Waals surface area (Å²) in [7, 11) is 0. The van der Waals surface area contributed by atoms with Crippen LogP contribution in [-0.4, -0.2) is 0 Å². The highest BCUT2D eigenvalue weighted by molar-refractivity contribution is 6.30. The van der Waals surface area contributed by atoms with Gasteiger partial charge in [-0.2, -0.15) is 0 Å². The van der Waals surface area contributed by atoms with E-state index in [0.29, 0.717) is 0 Å². The van der Waals surface area contributed by atoms with E-state index >= 15 is 0 Å². The predicted molar refractivity (Wildman–Crippen MR) is 110 cm³/mol. The molecule has 1 heteroatoms. The third kappa shape index (κ3) is 4.16. The van der Waals surface area contributed by atoms with E-state index in [-0.39, 0.29) is 0 Å². The van der Waals surface area contributed by atoms with Crippen LogP contribution in [0.25, 0.3) is 0 Å². The Morgan fingerprint density at radius 2 is 1.31 bits per heavy atom. The van der Waals surface area contributed by atoms with E-state index in [0.717, 1.165) is 39.8 Å². The van der Waals surface area contributed by atoms with Crippen molar-refractivity contribution in [2.45, 2.75) is 51.4 Å². The Hall–Kier alpha value is -1.71. The molecule has 2 aromatic rings. The quantitative estimate of drug-likeness (QED) is 0.476. The van der Waals surface area contributed by atoms with Crippen molar-refractivity contribution in [1.82, 2.24) is 0 Å². The first-order chi connectivity index (χ1) is 12.7. The SMILES string of the molecule is CC1CC[C@@H]2C[C@H](c3ccc(C#Cc4ccc(Cl)cc4)cc3)CC[C@@H]2C1. The second-order valence-corrected chi connectivity index (χ2v) is 8.76. The van der Waals surface area contributed by atoms with Crippen LogP contribution in [0.4, 0.5) is 0 Å². The van der Waals surface area contributed by atoms with Gasteiger partial charge in [-0.25, -0.2) is 0 Å². The van der Waals surface area contributed by atoms with Gasteiger partial charge in [0.25, 0.3) is 0 Å². The number of hydrogen-bond acceptors (Lipinski definition) is 0. The summed E-state index contributed by atoms with van der Waals surface area (Å²) in [5.41, 5.74) is 3.60. The van der Waals surface area contributed by atoms with Crippen LogP contribution in [0.15, 0.2) is 48.5 Å². The van der Waals surface area contributed by atoms with Gasteiger partial charge in [0, 0.05) is 16.1 Å². The minimum Gasteiger partial charge on any atom is -0.0843 e. The predicted octanol–water partition coefficient (Wildman–Crippen LogP) is 7.06. The van der Waals surface area contributed by atoms with Crippen LogP contribution < -0.4 is 0 Å². The highest BCUT2D eigenvalue weighted by Gasteiger charge is 2.34. The third-order valence-electron chi connectivity index (χ3n) is 6.45. The highest BCUT2D eigenvalue weighted by Crippen LogP contribution is 2.47. The smallest absolute Gasteiger partial charge is 0.0406 e. The lowest BCUT2D eigenvalue weighted by atomic mass is 9.64. The Balaban J connectivity index is 1.41. The molecule has 0 spiro atoms. The van der Waals surface area contributed by atoms with Crippen molar-refractivity contribution < 1.29 is 0 Å². The normalized spacial score (nSPS) is 27.9. The first-order valence-corrected chi connectivity index (χ1v) is 10.4. The summed E-state index contributed by atoms with van der Waals surface area (Å²) in [4.78, 5) is 0. The zero-order valence-electron chi connectivity index (χ0n) is 15.5. The van der Waals surface area contributed by atoms with Crippen LogP contribution in [0.5, 0.6) is 0 Å². The number of halogens is 1. The van der Waals surface area contributed by atoms with Gasteiger partial charge in [-0.1, -0.05) is 48.9 Å². The van der Waals surface area contributed by atoms with E-state index in [9.17, 15) is 0 Å². The van der Waals surface area contributed by atoms with Gasteiger partial charge in [-0.3, -0.25) is 0 Å². The molecule has 4 rings (SSSR count). The maximum Gasteiger partial charge on any atom is 0.0406 e. The second-order valence-electron chi connectivity index (χ2n) is 8.33. The standard InChI is InChI=1S/C25H27Cl/c1-18-2-9-24-17-23(13-12-22(24)16-18)21-10-5-19(6-11-21)3-4-20-7-14-25(26)15-8-20/h5-8,10-11,14-15,18,22-24H,2,9,12-13,16-17H2,1H3/t18?,22-,23-,24-/m1/s1. The molecule has 0 heterocycles. The highest BCUT2D eigenvalue weighted by atomic mass is 35.5. The zero-order chi connectivity index (χ0) is 17.9. The fourth-order valence-electron chi connectivity index (χ4n) is 4.94. The maximum absolute atomic E-state index is 5.92. The van der Waals surface area contributed by atoms with Crippen LogP contribution in [0.2, 0.25) is 5.02 Å². The summed E-state index contributed by atoms with van der Waals surface area (Å²) in [6.45, 7) is 2.44. The number of fused-ring (bicyclic) bond motifs is 1. The number of rotatable bonds is 1. The Kier molecular flexibility index (Phi) is 5.37. The molecule has 0 saturated heterocycles. The van der Waals surface area contributed by atoms with E-state index in [1.54, 1.807) is 0 Å². The zero-order valence-corrected chi connectivity index (χ0v) is 16.3. The first kappa shape index (κ1) is 17.7. The van der Waals surface area contributed by atoms with Crippen LogP contribution in [0.1, 0.15) is 68.1 Å². The van der Waals surface area contributed by atoms with Gasteiger partial charge >= 0.3 is 0 Å². The van der Waals surface area contributed by atoms with Crippen LogP contribution in [0.3, 0.4) is 0 Å². The van der Waals surface area contributed by atoms with Gasteiger partial charge in [0.2, 0.25) is 0 Å². The summed E-state index contributed by atoms with van der Waals surface area (Å²) in [5.74, 6) is 10.2. The van der Waals surface area contributed by atoms with E-state index in [1.807, 2.05) is 24.3 Å². The molecular formula is C25H27Cl. The Morgan fingerprint density at radius 3 is 2.00 bits per heavy atom. The van der Waals surface area contributed by atoms with Crippen molar-refractivity contribution in [3.8, 4) is 11.8 Å². The lowest BCUT2D eigenvalue weighted by molar-refractivity contribution is 0.124. The number of hydrogen-bond donors (Lipinski definition) is 0. The summed E-state index contributed by atoms with van der Waals surface area (Å²) in [6, 6.07) is 16.7. The van der Waals surface area contributed by atoms with Crippen molar-refractivity contribution >= 4 is 11.6 Å². The monoisotopic (exact) mass is 362 g/mol. The third-order valence-corrected chi connectivity index (χ3v) is 6.70. The van der Waals surface area contributed by atoms with Crippen molar-refractivity contribution in [1.29, 1.82) is 0 Å². The molecule has 0 nitrogen and oxygen atoms in total. The van der Waals surface area contributed by atoms with E-state index in [1.165, 1.54) is 44.1 Å². The molecule has 0 N–H and O–H groups in total. The Bertz CT molecular complexity index is 791.